The largest absolute Gasteiger partial charge is 0.493 e. The lowest BCUT2D eigenvalue weighted by Crippen LogP contribution is -2.36. The van der Waals surface area contributed by atoms with Gasteiger partial charge in [-0.15, -0.1) is 0 Å². The minimum atomic E-state index is -0.0541. The predicted molar refractivity (Wildman–Crippen MR) is 116 cm³/mol. The van der Waals surface area contributed by atoms with Crippen molar-refractivity contribution in [1.29, 1.82) is 0 Å². The minimum absolute atomic E-state index is 0.00589. The molecule has 0 aromatic heterocycles. The highest BCUT2D eigenvalue weighted by molar-refractivity contribution is 5.83. The highest BCUT2D eigenvalue weighted by atomic mass is 16.5. The van der Waals surface area contributed by atoms with Crippen molar-refractivity contribution in [2.45, 2.75) is 19.5 Å². The number of nitrogens with one attached hydrogen (secondary N) is 1. The van der Waals surface area contributed by atoms with Crippen molar-refractivity contribution in [3.05, 3.63) is 71.8 Å². The van der Waals surface area contributed by atoms with Gasteiger partial charge in [-0.3, -0.25) is 9.69 Å². The van der Waals surface area contributed by atoms with Crippen LogP contribution in [0.2, 0.25) is 0 Å². The van der Waals surface area contributed by atoms with E-state index in [1.165, 1.54) is 10.8 Å². The van der Waals surface area contributed by atoms with E-state index in [1.54, 1.807) is 14.2 Å². The molecule has 152 valence electrons. The van der Waals surface area contributed by atoms with E-state index < -0.39 is 0 Å². The molecule has 29 heavy (non-hydrogen) atoms. The van der Waals surface area contributed by atoms with Gasteiger partial charge in [0.05, 0.1) is 26.8 Å². The lowest BCUT2D eigenvalue weighted by atomic mass is 10.0. The standard InChI is InChI=1S/C24H28N2O3/c1-17(20-11-10-19-7-5-6-8-21(19)14-20)25-24(27)16-26(2)15-18-9-12-22(28-3)23(13-18)29-4/h5-14,17H,15-16H2,1-4H3,(H,25,27). The maximum absolute atomic E-state index is 12.5. The number of hydrogen-bond acceptors (Lipinski definition) is 4. The summed E-state index contributed by atoms with van der Waals surface area (Å²) in [6.45, 7) is 2.96. The number of ether oxygens (including phenoxy) is 2. The second-order valence-corrected chi connectivity index (χ2v) is 7.26. The van der Waals surface area contributed by atoms with E-state index in [9.17, 15) is 4.79 Å². The molecule has 3 aromatic carbocycles. The van der Waals surface area contributed by atoms with Crippen LogP contribution in [0.3, 0.4) is 0 Å². The van der Waals surface area contributed by atoms with Crippen LogP contribution in [0.4, 0.5) is 0 Å². The van der Waals surface area contributed by atoms with E-state index in [2.05, 4.69) is 35.6 Å². The fourth-order valence-corrected chi connectivity index (χ4v) is 3.44. The summed E-state index contributed by atoms with van der Waals surface area (Å²) in [6.07, 6.45) is 0. The Bertz CT molecular complexity index is 987. The summed E-state index contributed by atoms with van der Waals surface area (Å²) in [4.78, 5) is 14.5. The second-order valence-electron chi connectivity index (χ2n) is 7.26. The first-order valence-corrected chi connectivity index (χ1v) is 9.67. The Labute approximate surface area is 172 Å². The number of likely N-dealkylation sites (N-methyl/N-ethyl adjacent to an activating group) is 1. The van der Waals surface area contributed by atoms with E-state index >= 15 is 0 Å². The Kier molecular flexibility index (Phi) is 6.73. The quantitative estimate of drug-likeness (QED) is 0.625. The van der Waals surface area contributed by atoms with E-state index in [0.29, 0.717) is 24.6 Å². The van der Waals surface area contributed by atoms with Gasteiger partial charge in [-0.1, -0.05) is 42.5 Å². The topological polar surface area (TPSA) is 50.8 Å². The molecule has 0 aliphatic rings. The predicted octanol–water partition coefficient (Wildman–Crippen LogP) is 4.17. The number of benzene rings is 3. The molecule has 0 bridgehead atoms. The summed E-state index contributed by atoms with van der Waals surface area (Å²) in [5.41, 5.74) is 2.15. The Balaban J connectivity index is 1.57. The molecule has 5 heteroatoms. The highest BCUT2D eigenvalue weighted by Gasteiger charge is 2.13. The minimum Gasteiger partial charge on any atom is -0.493 e. The van der Waals surface area contributed by atoms with Gasteiger partial charge < -0.3 is 14.8 Å². The van der Waals surface area contributed by atoms with Crippen molar-refractivity contribution in [2.24, 2.45) is 0 Å². The number of amides is 1. The van der Waals surface area contributed by atoms with Crippen molar-refractivity contribution < 1.29 is 14.3 Å². The first kappa shape index (κ1) is 20.7. The van der Waals surface area contributed by atoms with Crippen molar-refractivity contribution in [2.75, 3.05) is 27.8 Å². The van der Waals surface area contributed by atoms with Gasteiger partial charge in [0.15, 0.2) is 11.5 Å². The maximum atomic E-state index is 12.5. The molecule has 1 atom stereocenters. The van der Waals surface area contributed by atoms with E-state index in [4.69, 9.17) is 9.47 Å². The number of nitrogens with zero attached hydrogens (tertiary/aromatic N) is 1. The van der Waals surface area contributed by atoms with Gasteiger partial charge >= 0.3 is 0 Å². The molecule has 0 saturated heterocycles. The van der Waals surface area contributed by atoms with Gasteiger partial charge in [-0.25, -0.2) is 0 Å². The first-order valence-electron chi connectivity index (χ1n) is 9.67. The monoisotopic (exact) mass is 392 g/mol. The number of hydrogen-bond donors (Lipinski definition) is 1. The molecule has 0 spiro atoms. The van der Waals surface area contributed by atoms with E-state index in [0.717, 1.165) is 11.1 Å². The van der Waals surface area contributed by atoms with Crippen LogP contribution in [0.15, 0.2) is 60.7 Å². The number of fused-ring (bicyclic) bond motifs is 1. The number of carbonyl (C=O) groups is 1. The molecule has 5 nitrogen and oxygen atoms in total. The molecular formula is C24H28N2O3. The van der Waals surface area contributed by atoms with Crippen LogP contribution in [0, 0.1) is 0 Å². The fourth-order valence-electron chi connectivity index (χ4n) is 3.44. The van der Waals surface area contributed by atoms with Crippen LogP contribution in [0.25, 0.3) is 10.8 Å². The number of rotatable bonds is 8. The molecule has 0 heterocycles. The van der Waals surface area contributed by atoms with Gasteiger partial charge in [-0.05, 0) is 54.1 Å². The third kappa shape index (κ3) is 5.27. The fraction of sp³-hybridized carbons (Fsp3) is 0.292. The van der Waals surface area contributed by atoms with Crippen LogP contribution in [0.1, 0.15) is 24.1 Å². The van der Waals surface area contributed by atoms with Crippen molar-refractivity contribution >= 4 is 16.7 Å². The van der Waals surface area contributed by atoms with Crippen molar-refractivity contribution in [3.8, 4) is 11.5 Å². The molecule has 1 N–H and O–H groups in total. The molecule has 3 rings (SSSR count). The summed E-state index contributed by atoms with van der Waals surface area (Å²) in [5, 5.41) is 5.47. The molecule has 1 amide bonds. The van der Waals surface area contributed by atoms with E-state index in [1.807, 2.05) is 49.2 Å². The highest BCUT2D eigenvalue weighted by Crippen LogP contribution is 2.28. The van der Waals surface area contributed by atoms with Crippen molar-refractivity contribution in [3.63, 3.8) is 0 Å². The third-order valence-electron chi connectivity index (χ3n) is 4.96. The summed E-state index contributed by atoms with van der Waals surface area (Å²) >= 11 is 0. The van der Waals surface area contributed by atoms with Crippen LogP contribution >= 0.6 is 0 Å². The molecule has 0 aliphatic carbocycles. The lowest BCUT2D eigenvalue weighted by Gasteiger charge is -2.20. The zero-order valence-corrected chi connectivity index (χ0v) is 17.4. The molecule has 0 radical (unpaired) electrons. The zero-order valence-electron chi connectivity index (χ0n) is 17.4. The Hall–Kier alpha value is -3.05. The maximum Gasteiger partial charge on any atom is 0.234 e. The Morgan fingerprint density at radius 3 is 2.41 bits per heavy atom. The summed E-state index contributed by atoms with van der Waals surface area (Å²) in [6, 6.07) is 20.3. The van der Waals surface area contributed by atoms with E-state index in [-0.39, 0.29) is 11.9 Å². The summed E-state index contributed by atoms with van der Waals surface area (Å²) in [7, 11) is 5.16. The van der Waals surface area contributed by atoms with Crippen molar-refractivity contribution in [1.82, 2.24) is 10.2 Å². The number of carbonyl (C=O) groups excluding carboxylic acids is 1. The third-order valence-corrected chi connectivity index (χ3v) is 4.96. The average molecular weight is 392 g/mol. The van der Waals surface area contributed by atoms with Crippen LogP contribution in [-0.2, 0) is 11.3 Å². The van der Waals surface area contributed by atoms with Gasteiger partial charge in [0.2, 0.25) is 5.91 Å². The first-order chi connectivity index (χ1) is 14.0. The smallest absolute Gasteiger partial charge is 0.234 e. The normalized spacial score (nSPS) is 12.0. The molecule has 0 aliphatic heterocycles. The van der Waals surface area contributed by atoms with Crippen LogP contribution in [-0.4, -0.2) is 38.6 Å². The van der Waals surface area contributed by atoms with Crippen LogP contribution < -0.4 is 14.8 Å². The zero-order chi connectivity index (χ0) is 20.8. The van der Waals surface area contributed by atoms with Gasteiger partial charge in [0.25, 0.3) is 0 Å². The average Bonchev–Trinajstić information content (AvgIpc) is 2.72. The SMILES string of the molecule is COc1ccc(CN(C)CC(=O)NC(C)c2ccc3ccccc3c2)cc1OC. The molecular weight excluding hydrogens is 364 g/mol. The Morgan fingerprint density at radius 2 is 1.69 bits per heavy atom. The molecule has 1 unspecified atom stereocenters. The van der Waals surface area contributed by atoms with Gasteiger partial charge in [-0.2, -0.15) is 0 Å². The lowest BCUT2D eigenvalue weighted by molar-refractivity contribution is -0.122. The second kappa shape index (κ2) is 9.43. The van der Waals surface area contributed by atoms with Gasteiger partial charge in [0.1, 0.15) is 0 Å². The molecule has 0 fully saturated rings. The molecule has 0 saturated carbocycles. The summed E-state index contributed by atoms with van der Waals surface area (Å²) < 4.78 is 10.6. The Morgan fingerprint density at radius 1 is 0.966 bits per heavy atom. The summed E-state index contributed by atoms with van der Waals surface area (Å²) in [5.74, 6) is 1.38. The van der Waals surface area contributed by atoms with Gasteiger partial charge in [0, 0.05) is 6.54 Å². The molecule has 3 aromatic rings. The van der Waals surface area contributed by atoms with Crippen LogP contribution in [0.5, 0.6) is 11.5 Å². The number of methoxy groups -OCH3 is 2.